The minimum Gasteiger partial charge on any atom is -0.382 e. The first-order valence-electron chi connectivity index (χ1n) is 7.37. The summed E-state index contributed by atoms with van der Waals surface area (Å²) < 4.78 is 25.6. The highest BCUT2D eigenvalue weighted by Crippen LogP contribution is 2.21. The third-order valence-corrected chi connectivity index (χ3v) is 5.75. The minimum absolute atomic E-state index is 0.336. The summed E-state index contributed by atoms with van der Waals surface area (Å²) in [6.45, 7) is 2.21. The van der Waals surface area contributed by atoms with Crippen LogP contribution < -0.4 is 5.32 Å². The van der Waals surface area contributed by atoms with Crippen LogP contribution in [0.25, 0.3) is 0 Å². The van der Waals surface area contributed by atoms with Gasteiger partial charge >= 0.3 is 0 Å². The van der Waals surface area contributed by atoms with Crippen LogP contribution in [0.15, 0.2) is 29.2 Å². The molecule has 1 fully saturated rings. The third kappa shape index (κ3) is 4.18. The fourth-order valence-electron chi connectivity index (χ4n) is 2.58. The highest BCUT2D eigenvalue weighted by atomic mass is 32.2. The standard InChI is InChI=1S/C15H25N3O2S/c1-17(2)21(19,20)15-8-4-6-14(12-15)16-13-7-5-10-18(3)11-9-13/h4,6,8,12-13,16H,5,7,9-11H2,1-3H3. The van der Waals surface area contributed by atoms with E-state index in [2.05, 4.69) is 17.3 Å². The van der Waals surface area contributed by atoms with Crippen LogP contribution in [-0.4, -0.2) is 57.9 Å². The number of sulfonamides is 1. The molecule has 6 heteroatoms. The van der Waals surface area contributed by atoms with Gasteiger partial charge < -0.3 is 10.2 Å². The lowest BCUT2D eigenvalue weighted by Gasteiger charge is -2.19. The molecule has 1 saturated heterocycles. The summed E-state index contributed by atoms with van der Waals surface area (Å²) in [4.78, 5) is 2.68. The van der Waals surface area contributed by atoms with Crippen LogP contribution >= 0.6 is 0 Å². The van der Waals surface area contributed by atoms with E-state index in [1.165, 1.54) is 10.7 Å². The van der Waals surface area contributed by atoms with Crippen molar-refractivity contribution in [3.63, 3.8) is 0 Å². The Labute approximate surface area is 128 Å². The van der Waals surface area contributed by atoms with E-state index in [4.69, 9.17) is 0 Å². The summed E-state index contributed by atoms with van der Waals surface area (Å²) in [6.07, 6.45) is 3.38. The van der Waals surface area contributed by atoms with Crippen LogP contribution in [0.1, 0.15) is 19.3 Å². The Kier molecular flexibility index (Phi) is 5.24. The van der Waals surface area contributed by atoms with Crippen molar-refractivity contribution in [2.75, 3.05) is 39.5 Å². The van der Waals surface area contributed by atoms with E-state index < -0.39 is 10.0 Å². The lowest BCUT2D eigenvalue weighted by Crippen LogP contribution is -2.24. The van der Waals surface area contributed by atoms with E-state index in [1.807, 2.05) is 6.07 Å². The predicted molar refractivity (Wildman–Crippen MR) is 86.1 cm³/mol. The maximum Gasteiger partial charge on any atom is 0.242 e. The Morgan fingerprint density at radius 2 is 2.00 bits per heavy atom. The molecule has 0 radical (unpaired) electrons. The zero-order valence-electron chi connectivity index (χ0n) is 13.0. The zero-order valence-corrected chi connectivity index (χ0v) is 13.9. The molecule has 1 atom stereocenters. The second-order valence-corrected chi connectivity index (χ2v) is 8.04. The average Bonchev–Trinajstić information content (AvgIpc) is 2.64. The first-order valence-corrected chi connectivity index (χ1v) is 8.81. The molecule has 5 nitrogen and oxygen atoms in total. The van der Waals surface area contributed by atoms with Crippen molar-refractivity contribution in [3.05, 3.63) is 24.3 Å². The van der Waals surface area contributed by atoms with Crippen molar-refractivity contribution < 1.29 is 8.42 Å². The fraction of sp³-hybridized carbons (Fsp3) is 0.600. The van der Waals surface area contributed by atoms with Gasteiger partial charge in [-0.25, -0.2) is 12.7 Å². The number of hydrogen-bond acceptors (Lipinski definition) is 4. The first-order chi connectivity index (χ1) is 9.89. The lowest BCUT2D eigenvalue weighted by molar-refractivity contribution is 0.348. The summed E-state index contributed by atoms with van der Waals surface area (Å²) >= 11 is 0. The Balaban J connectivity index is 2.11. The Morgan fingerprint density at radius 3 is 2.71 bits per heavy atom. The van der Waals surface area contributed by atoms with Crippen molar-refractivity contribution in [1.29, 1.82) is 0 Å². The van der Waals surface area contributed by atoms with Crippen LogP contribution in [0.5, 0.6) is 0 Å². The van der Waals surface area contributed by atoms with Crippen molar-refractivity contribution in [2.24, 2.45) is 0 Å². The van der Waals surface area contributed by atoms with Crippen molar-refractivity contribution in [1.82, 2.24) is 9.21 Å². The van der Waals surface area contributed by atoms with Crippen LogP contribution in [0.4, 0.5) is 5.69 Å². The van der Waals surface area contributed by atoms with Gasteiger partial charge in [0.05, 0.1) is 4.90 Å². The van der Waals surface area contributed by atoms with Gasteiger partial charge in [0.25, 0.3) is 0 Å². The number of rotatable bonds is 4. The maximum absolute atomic E-state index is 12.2. The SMILES string of the molecule is CN1CCCC(Nc2cccc(S(=O)(=O)N(C)C)c2)CC1. The van der Waals surface area contributed by atoms with Gasteiger partial charge in [-0.15, -0.1) is 0 Å². The molecule has 1 aliphatic rings. The van der Waals surface area contributed by atoms with E-state index >= 15 is 0 Å². The molecule has 1 aromatic carbocycles. The molecule has 1 aromatic rings. The molecule has 1 N–H and O–H groups in total. The first kappa shape index (κ1) is 16.3. The van der Waals surface area contributed by atoms with Gasteiger partial charge in [0.1, 0.15) is 0 Å². The van der Waals surface area contributed by atoms with Crippen LogP contribution in [0.2, 0.25) is 0 Å². The molecule has 0 saturated carbocycles. The summed E-state index contributed by atoms with van der Waals surface area (Å²) in [7, 11) is 1.88. The van der Waals surface area contributed by atoms with Crippen molar-refractivity contribution >= 4 is 15.7 Å². The molecule has 0 bridgehead atoms. The average molecular weight is 311 g/mol. The molecule has 118 valence electrons. The fourth-order valence-corrected chi connectivity index (χ4v) is 3.53. The summed E-state index contributed by atoms with van der Waals surface area (Å²) in [5.74, 6) is 0. The van der Waals surface area contributed by atoms with E-state index in [9.17, 15) is 8.42 Å². The Bertz CT molecular complexity index is 572. The number of hydrogen-bond donors (Lipinski definition) is 1. The highest BCUT2D eigenvalue weighted by Gasteiger charge is 2.19. The van der Waals surface area contributed by atoms with Crippen LogP contribution in [0.3, 0.4) is 0 Å². The number of likely N-dealkylation sites (tertiary alicyclic amines) is 1. The topological polar surface area (TPSA) is 52.7 Å². The summed E-state index contributed by atoms with van der Waals surface area (Å²) in [5.41, 5.74) is 0.882. The molecule has 0 aromatic heterocycles. The number of anilines is 1. The van der Waals surface area contributed by atoms with Gasteiger partial charge in [-0.3, -0.25) is 0 Å². The number of nitrogens with zero attached hydrogens (tertiary/aromatic N) is 2. The van der Waals surface area contributed by atoms with Gasteiger partial charge in [0.2, 0.25) is 10.0 Å². The summed E-state index contributed by atoms with van der Waals surface area (Å²) in [5, 5.41) is 3.48. The molecular weight excluding hydrogens is 286 g/mol. The van der Waals surface area contributed by atoms with Gasteiger partial charge in [0.15, 0.2) is 0 Å². The predicted octanol–water partition coefficient (Wildman–Crippen LogP) is 1.83. The van der Waals surface area contributed by atoms with E-state index in [0.717, 1.165) is 31.6 Å². The van der Waals surface area contributed by atoms with E-state index in [0.29, 0.717) is 10.9 Å². The number of benzene rings is 1. The van der Waals surface area contributed by atoms with Gasteiger partial charge in [-0.05, 0) is 57.6 Å². The van der Waals surface area contributed by atoms with Crippen LogP contribution in [-0.2, 0) is 10.0 Å². The van der Waals surface area contributed by atoms with Crippen LogP contribution in [0, 0.1) is 0 Å². The smallest absolute Gasteiger partial charge is 0.242 e. The Hall–Kier alpha value is -1.11. The van der Waals surface area contributed by atoms with Gasteiger partial charge in [-0.2, -0.15) is 0 Å². The molecular formula is C15H25N3O2S. The normalized spacial score (nSPS) is 21.2. The molecule has 1 heterocycles. The molecule has 0 aliphatic carbocycles. The van der Waals surface area contributed by atoms with Gasteiger partial charge in [-0.1, -0.05) is 6.07 Å². The molecule has 2 rings (SSSR count). The number of nitrogens with one attached hydrogen (secondary N) is 1. The molecule has 0 spiro atoms. The maximum atomic E-state index is 12.2. The van der Waals surface area contributed by atoms with Crippen molar-refractivity contribution in [2.45, 2.75) is 30.2 Å². The van der Waals surface area contributed by atoms with E-state index in [-0.39, 0.29) is 0 Å². The second-order valence-electron chi connectivity index (χ2n) is 5.89. The Morgan fingerprint density at radius 1 is 1.24 bits per heavy atom. The van der Waals surface area contributed by atoms with Gasteiger partial charge in [0, 0.05) is 25.8 Å². The molecule has 21 heavy (non-hydrogen) atoms. The molecule has 1 aliphatic heterocycles. The minimum atomic E-state index is -3.37. The second kappa shape index (κ2) is 6.77. The summed E-state index contributed by atoms with van der Waals surface area (Å²) in [6, 6.07) is 7.50. The molecule has 1 unspecified atom stereocenters. The highest BCUT2D eigenvalue weighted by molar-refractivity contribution is 7.89. The monoisotopic (exact) mass is 311 g/mol. The largest absolute Gasteiger partial charge is 0.382 e. The van der Waals surface area contributed by atoms with Crippen molar-refractivity contribution in [3.8, 4) is 0 Å². The van der Waals surface area contributed by atoms with E-state index in [1.54, 1.807) is 32.3 Å². The third-order valence-electron chi connectivity index (χ3n) is 3.94. The quantitative estimate of drug-likeness (QED) is 0.922. The lowest BCUT2D eigenvalue weighted by atomic mass is 10.1. The molecule has 0 amide bonds. The zero-order chi connectivity index (χ0) is 15.5.